The third-order valence-corrected chi connectivity index (χ3v) is 5.25. The highest BCUT2D eigenvalue weighted by molar-refractivity contribution is 5.88. The highest BCUT2D eigenvalue weighted by atomic mass is 16.2. The molecule has 0 aromatic carbocycles. The Morgan fingerprint density at radius 1 is 1.22 bits per heavy atom. The Balaban J connectivity index is 1.50. The van der Waals surface area contributed by atoms with Gasteiger partial charge in [-0.15, -0.1) is 0 Å². The quantitative estimate of drug-likeness (QED) is 0.790. The molecule has 1 atom stereocenters. The molecule has 0 spiro atoms. The highest BCUT2D eigenvalue weighted by Gasteiger charge is 2.33. The van der Waals surface area contributed by atoms with Gasteiger partial charge in [0.2, 0.25) is 11.8 Å². The minimum Gasteiger partial charge on any atom is -0.353 e. The van der Waals surface area contributed by atoms with E-state index in [4.69, 9.17) is 0 Å². The maximum atomic E-state index is 12.8. The minimum absolute atomic E-state index is 0.0102. The Morgan fingerprint density at radius 3 is 2.67 bits per heavy atom. The predicted octanol–water partition coefficient (Wildman–Crippen LogP) is 0.572. The van der Waals surface area contributed by atoms with E-state index in [9.17, 15) is 9.59 Å². The summed E-state index contributed by atoms with van der Waals surface area (Å²) in [5.74, 6) is 0.552. The molecule has 0 radical (unpaired) electrons. The van der Waals surface area contributed by atoms with Crippen LogP contribution in [-0.4, -0.2) is 83.4 Å². The van der Waals surface area contributed by atoms with E-state index in [0.29, 0.717) is 25.6 Å². The van der Waals surface area contributed by atoms with E-state index in [2.05, 4.69) is 33.9 Å². The Labute approximate surface area is 161 Å². The first-order valence-corrected chi connectivity index (χ1v) is 9.94. The molecule has 0 bridgehead atoms. The van der Waals surface area contributed by atoms with Crippen molar-refractivity contribution in [3.63, 3.8) is 0 Å². The van der Waals surface area contributed by atoms with Crippen LogP contribution < -0.4 is 5.32 Å². The van der Waals surface area contributed by atoms with Crippen molar-refractivity contribution in [1.29, 1.82) is 0 Å². The first-order valence-electron chi connectivity index (χ1n) is 9.94. The zero-order valence-electron chi connectivity index (χ0n) is 16.4. The number of aromatic nitrogens is 1. The predicted molar refractivity (Wildman–Crippen MR) is 104 cm³/mol. The second-order valence-electron chi connectivity index (χ2n) is 7.88. The van der Waals surface area contributed by atoms with Crippen molar-refractivity contribution >= 4 is 11.8 Å². The SMILES string of the molecule is CC(C)CN1CCNC(=O)C1CC(=O)N1CCN(Cc2ccccn2)CC1. The number of hydrogen-bond acceptors (Lipinski definition) is 5. The Kier molecular flexibility index (Phi) is 6.79. The molecule has 1 N–H and O–H groups in total. The van der Waals surface area contributed by atoms with Gasteiger partial charge in [-0.05, 0) is 18.1 Å². The van der Waals surface area contributed by atoms with Crippen LogP contribution in [0.25, 0.3) is 0 Å². The molecule has 3 heterocycles. The van der Waals surface area contributed by atoms with Gasteiger partial charge in [0.15, 0.2) is 0 Å². The summed E-state index contributed by atoms with van der Waals surface area (Å²) in [5, 5.41) is 2.91. The first kappa shape index (κ1) is 19.8. The summed E-state index contributed by atoms with van der Waals surface area (Å²) in [4.78, 5) is 35.9. The van der Waals surface area contributed by atoms with Crippen molar-refractivity contribution in [3.8, 4) is 0 Å². The van der Waals surface area contributed by atoms with E-state index in [1.807, 2.05) is 29.3 Å². The second kappa shape index (κ2) is 9.28. The van der Waals surface area contributed by atoms with Crippen LogP contribution >= 0.6 is 0 Å². The van der Waals surface area contributed by atoms with Gasteiger partial charge in [-0.2, -0.15) is 0 Å². The van der Waals surface area contributed by atoms with Gasteiger partial charge in [0.25, 0.3) is 0 Å². The molecule has 0 aliphatic carbocycles. The van der Waals surface area contributed by atoms with Gasteiger partial charge >= 0.3 is 0 Å². The Morgan fingerprint density at radius 2 is 2.00 bits per heavy atom. The van der Waals surface area contributed by atoms with Crippen LogP contribution in [0.3, 0.4) is 0 Å². The summed E-state index contributed by atoms with van der Waals surface area (Å²) >= 11 is 0. The summed E-state index contributed by atoms with van der Waals surface area (Å²) in [6.45, 7) is 10.6. The fourth-order valence-corrected chi connectivity index (χ4v) is 3.84. The van der Waals surface area contributed by atoms with Crippen molar-refractivity contribution in [2.45, 2.75) is 32.9 Å². The van der Waals surface area contributed by atoms with Crippen LogP contribution in [0, 0.1) is 5.92 Å². The van der Waals surface area contributed by atoms with E-state index in [-0.39, 0.29) is 24.3 Å². The van der Waals surface area contributed by atoms with Crippen molar-refractivity contribution < 1.29 is 9.59 Å². The molecule has 2 aliphatic heterocycles. The van der Waals surface area contributed by atoms with Crippen molar-refractivity contribution in [2.75, 3.05) is 45.8 Å². The maximum Gasteiger partial charge on any atom is 0.237 e. The third kappa shape index (κ3) is 5.49. The molecule has 0 saturated carbocycles. The van der Waals surface area contributed by atoms with Crippen LogP contribution in [0.4, 0.5) is 0 Å². The first-order chi connectivity index (χ1) is 13.0. The normalized spacial score (nSPS) is 22.1. The third-order valence-electron chi connectivity index (χ3n) is 5.25. The Bertz CT molecular complexity index is 629. The maximum absolute atomic E-state index is 12.8. The van der Waals surface area contributed by atoms with Crippen molar-refractivity contribution in [2.24, 2.45) is 5.92 Å². The van der Waals surface area contributed by atoms with Gasteiger partial charge in [0.1, 0.15) is 0 Å². The molecule has 7 heteroatoms. The highest BCUT2D eigenvalue weighted by Crippen LogP contribution is 2.15. The minimum atomic E-state index is -0.333. The van der Waals surface area contributed by atoms with Crippen LogP contribution in [-0.2, 0) is 16.1 Å². The molecule has 2 fully saturated rings. The zero-order valence-corrected chi connectivity index (χ0v) is 16.4. The molecule has 1 aromatic rings. The monoisotopic (exact) mass is 373 g/mol. The van der Waals surface area contributed by atoms with Crippen molar-refractivity contribution in [1.82, 2.24) is 25.0 Å². The molecule has 27 heavy (non-hydrogen) atoms. The van der Waals surface area contributed by atoms with Crippen LogP contribution in [0.2, 0.25) is 0 Å². The lowest BCUT2D eigenvalue weighted by atomic mass is 10.0. The van der Waals surface area contributed by atoms with Crippen LogP contribution in [0.1, 0.15) is 26.0 Å². The number of amides is 2. The van der Waals surface area contributed by atoms with Crippen LogP contribution in [0.15, 0.2) is 24.4 Å². The second-order valence-corrected chi connectivity index (χ2v) is 7.88. The molecule has 1 aromatic heterocycles. The van der Waals surface area contributed by atoms with Gasteiger partial charge in [0, 0.05) is 58.6 Å². The molecule has 2 saturated heterocycles. The smallest absolute Gasteiger partial charge is 0.237 e. The molecule has 3 rings (SSSR count). The number of carbonyl (C=O) groups is 2. The van der Waals surface area contributed by atoms with Gasteiger partial charge < -0.3 is 10.2 Å². The number of rotatable bonds is 6. The van der Waals surface area contributed by atoms with Gasteiger partial charge in [-0.3, -0.25) is 24.4 Å². The number of nitrogens with zero attached hydrogens (tertiary/aromatic N) is 4. The lowest BCUT2D eigenvalue weighted by Crippen LogP contribution is -2.58. The summed E-state index contributed by atoms with van der Waals surface area (Å²) in [6.07, 6.45) is 2.09. The van der Waals surface area contributed by atoms with E-state index < -0.39 is 0 Å². The van der Waals surface area contributed by atoms with E-state index in [1.165, 1.54) is 0 Å². The molecule has 7 nitrogen and oxygen atoms in total. The standard InChI is InChI=1S/C20H31N5O2/c1-16(2)14-25-8-7-22-20(27)18(25)13-19(26)24-11-9-23(10-12-24)15-17-5-3-4-6-21-17/h3-6,16,18H,7-15H2,1-2H3,(H,22,27). The lowest BCUT2D eigenvalue weighted by Gasteiger charge is -2.38. The molecule has 1 unspecified atom stereocenters. The van der Waals surface area contributed by atoms with E-state index >= 15 is 0 Å². The van der Waals surface area contributed by atoms with Gasteiger partial charge in [-0.1, -0.05) is 19.9 Å². The largest absolute Gasteiger partial charge is 0.353 e. The fraction of sp³-hybridized carbons (Fsp3) is 0.650. The summed E-state index contributed by atoms with van der Waals surface area (Å²) in [6, 6.07) is 5.62. The molecular formula is C20H31N5O2. The zero-order chi connectivity index (χ0) is 19.2. The number of nitrogens with one attached hydrogen (secondary N) is 1. The summed E-state index contributed by atoms with van der Waals surface area (Å²) in [7, 11) is 0. The van der Waals surface area contributed by atoms with Crippen molar-refractivity contribution in [3.05, 3.63) is 30.1 Å². The summed E-state index contributed by atoms with van der Waals surface area (Å²) in [5.41, 5.74) is 1.06. The topological polar surface area (TPSA) is 68.8 Å². The number of piperazine rings is 2. The van der Waals surface area contributed by atoms with E-state index in [1.54, 1.807) is 0 Å². The van der Waals surface area contributed by atoms with Gasteiger partial charge in [0.05, 0.1) is 18.2 Å². The molecular weight excluding hydrogens is 342 g/mol. The fourth-order valence-electron chi connectivity index (χ4n) is 3.84. The average molecular weight is 374 g/mol. The Hall–Kier alpha value is -1.99. The molecule has 148 valence electrons. The van der Waals surface area contributed by atoms with E-state index in [0.717, 1.165) is 38.4 Å². The number of hydrogen-bond donors (Lipinski definition) is 1. The molecule has 2 amide bonds. The average Bonchev–Trinajstić information content (AvgIpc) is 2.65. The van der Waals surface area contributed by atoms with Gasteiger partial charge in [-0.25, -0.2) is 0 Å². The molecule has 2 aliphatic rings. The number of carbonyl (C=O) groups excluding carboxylic acids is 2. The summed E-state index contributed by atoms with van der Waals surface area (Å²) < 4.78 is 0. The lowest BCUT2D eigenvalue weighted by molar-refractivity contribution is -0.140. The number of pyridine rings is 1. The van der Waals surface area contributed by atoms with Crippen LogP contribution in [0.5, 0.6) is 0 Å².